The van der Waals surface area contributed by atoms with Crippen molar-refractivity contribution in [3.8, 4) is 0 Å². The summed E-state index contributed by atoms with van der Waals surface area (Å²) in [5.41, 5.74) is 5.64. The van der Waals surface area contributed by atoms with Crippen LogP contribution in [0.25, 0.3) is 0 Å². The molecule has 0 atom stereocenters. The number of aromatic nitrogens is 2. The molecule has 0 saturated heterocycles. The second kappa shape index (κ2) is 9.62. The van der Waals surface area contributed by atoms with Crippen molar-refractivity contribution in [3.63, 3.8) is 0 Å². The van der Waals surface area contributed by atoms with Gasteiger partial charge in [0.2, 0.25) is 0 Å². The van der Waals surface area contributed by atoms with Crippen LogP contribution in [0.2, 0.25) is 0 Å². The maximum absolute atomic E-state index is 13.5. The van der Waals surface area contributed by atoms with E-state index < -0.39 is 0 Å². The minimum Gasteiger partial charge on any atom is -0.356 e. The Hall–Kier alpha value is -2.02. The van der Waals surface area contributed by atoms with Gasteiger partial charge in [0.05, 0.1) is 5.69 Å². The summed E-state index contributed by atoms with van der Waals surface area (Å²) in [6, 6.07) is 4.95. The van der Waals surface area contributed by atoms with E-state index in [1.165, 1.54) is 17.3 Å². The molecule has 0 aliphatic heterocycles. The Morgan fingerprint density at radius 2 is 2.04 bits per heavy atom. The van der Waals surface area contributed by atoms with Gasteiger partial charge in [0.25, 0.3) is 0 Å². The van der Waals surface area contributed by atoms with E-state index in [9.17, 15) is 4.39 Å². The van der Waals surface area contributed by atoms with Gasteiger partial charge in [0.15, 0.2) is 5.96 Å². The molecule has 0 unspecified atom stereocenters. The first-order valence-corrected chi connectivity index (χ1v) is 10.1. The fourth-order valence-electron chi connectivity index (χ4n) is 2.94. The number of aryl methyl sites for hydroxylation is 2. The Labute approximate surface area is 159 Å². The smallest absolute Gasteiger partial charge is 0.191 e. The Bertz CT molecular complexity index is 770. The zero-order valence-corrected chi connectivity index (χ0v) is 17.0. The van der Waals surface area contributed by atoms with Crippen molar-refractivity contribution in [2.75, 3.05) is 19.8 Å². The quantitative estimate of drug-likeness (QED) is 0.575. The van der Waals surface area contributed by atoms with Crippen molar-refractivity contribution in [2.24, 2.45) is 12.0 Å². The van der Waals surface area contributed by atoms with Crippen molar-refractivity contribution in [1.82, 2.24) is 20.4 Å². The molecule has 26 heavy (non-hydrogen) atoms. The predicted molar refractivity (Wildman–Crippen MR) is 108 cm³/mol. The molecule has 0 amide bonds. The lowest BCUT2D eigenvalue weighted by Gasteiger charge is -2.14. The molecule has 1 aromatic heterocycles. The second-order valence-electron chi connectivity index (χ2n) is 6.22. The van der Waals surface area contributed by atoms with Gasteiger partial charge in [-0.3, -0.25) is 9.67 Å². The van der Waals surface area contributed by atoms with E-state index in [-0.39, 0.29) is 5.82 Å². The van der Waals surface area contributed by atoms with E-state index in [1.54, 1.807) is 24.9 Å². The van der Waals surface area contributed by atoms with E-state index in [2.05, 4.69) is 27.6 Å². The molecule has 0 spiro atoms. The van der Waals surface area contributed by atoms with Crippen LogP contribution in [0.1, 0.15) is 28.1 Å². The average molecular weight is 378 g/mol. The maximum atomic E-state index is 13.5. The third kappa shape index (κ3) is 5.24. The number of benzene rings is 1. The summed E-state index contributed by atoms with van der Waals surface area (Å²) >= 11 is 1.69. The number of halogens is 1. The van der Waals surface area contributed by atoms with Crippen LogP contribution < -0.4 is 10.6 Å². The Morgan fingerprint density at radius 1 is 1.27 bits per heavy atom. The fraction of sp³-hybridized carbons (Fsp3) is 0.474. The number of thioether (sulfide) groups is 1. The van der Waals surface area contributed by atoms with Crippen LogP contribution in [0.3, 0.4) is 0 Å². The summed E-state index contributed by atoms with van der Waals surface area (Å²) < 4.78 is 15.4. The summed E-state index contributed by atoms with van der Waals surface area (Å²) in [4.78, 5) is 4.27. The van der Waals surface area contributed by atoms with Gasteiger partial charge in [-0.2, -0.15) is 16.9 Å². The zero-order valence-electron chi connectivity index (χ0n) is 16.2. The van der Waals surface area contributed by atoms with Gasteiger partial charge >= 0.3 is 0 Å². The average Bonchev–Trinajstić information content (AvgIpc) is 2.85. The van der Waals surface area contributed by atoms with Crippen molar-refractivity contribution in [3.05, 3.63) is 52.1 Å². The monoisotopic (exact) mass is 377 g/mol. The van der Waals surface area contributed by atoms with Gasteiger partial charge in [-0.15, -0.1) is 0 Å². The summed E-state index contributed by atoms with van der Waals surface area (Å²) in [5.74, 6) is 1.34. The molecular formula is C19H28FN5S. The molecule has 5 nitrogen and oxygen atoms in total. The number of nitrogens with one attached hydrogen (secondary N) is 2. The van der Waals surface area contributed by atoms with Crippen LogP contribution >= 0.6 is 11.8 Å². The largest absolute Gasteiger partial charge is 0.356 e. The first kappa shape index (κ1) is 20.3. The lowest BCUT2D eigenvalue weighted by atomic mass is 10.1. The Kier molecular flexibility index (Phi) is 7.50. The first-order valence-electron chi connectivity index (χ1n) is 8.66. The predicted octanol–water partition coefficient (Wildman–Crippen LogP) is 2.95. The summed E-state index contributed by atoms with van der Waals surface area (Å²) in [5, 5.41) is 11.1. The molecule has 1 heterocycles. The van der Waals surface area contributed by atoms with Crippen molar-refractivity contribution in [2.45, 2.75) is 32.6 Å². The van der Waals surface area contributed by atoms with Crippen LogP contribution in [0.15, 0.2) is 23.2 Å². The normalized spacial score (nSPS) is 11.7. The molecule has 0 bridgehead atoms. The number of rotatable bonds is 7. The number of nitrogens with zero attached hydrogens (tertiary/aromatic N) is 3. The van der Waals surface area contributed by atoms with E-state index >= 15 is 0 Å². The minimum absolute atomic E-state index is 0.192. The summed E-state index contributed by atoms with van der Waals surface area (Å²) in [6.45, 7) is 5.51. The van der Waals surface area contributed by atoms with Gasteiger partial charge in [0.1, 0.15) is 5.82 Å². The lowest BCUT2D eigenvalue weighted by Crippen LogP contribution is -2.38. The van der Waals surface area contributed by atoms with Crippen LogP contribution in [0, 0.1) is 19.7 Å². The highest BCUT2D eigenvalue weighted by atomic mass is 32.2. The van der Waals surface area contributed by atoms with Crippen molar-refractivity contribution < 1.29 is 4.39 Å². The number of hydrogen-bond donors (Lipinski definition) is 2. The standard InChI is InChI=1S/C19H28FN5S/c1-13-18(14(2)25(4)24-13)8-9-22-19(21-3)23-11-15-6-7-17(20)10-16(15)12-26-5/h6-7,10H,8-9,11-12H2,1-5H3,(H2,21,22,23). The van der Waals surface area contributed by atoms with Crippen molar-refractivity contribution in [1.29, 1.82) is 0 Å². The van der Waals surface area contributed by atoms with Gasteiger partial charge < -0.3 is 10.6 Å². The van der Waals surface area contributed by atoms with Crippen LogP contribution in [-0.4, -0.2) is 35.6 Å². The number of aliphatic imine (C=N–C) groups is 1. The Balaban J connectivity index is 1.90. The van der Waals surface area contributed by atoms with E-state index in [1.807, 2.05) is 31.0 Å². The summed E-state index contributed by atoms with van der Waals surface area (Å²) in [6.07, 6.45) is 2.91. The van der Waals surface area contributed by atoms with Gasteiger partial charge in [0, 0.05) is 38.6 Å². The minimum atomic E-state index is -0.192. The van der Waals surface area contributed by atoms with Crippen LogP contribution in [-0.2, 0) is 25.8 Å². The highest BCUT2D eigenvalue weighted by Gasteiger charge is 2.09. The molecule has 2 aromatic rings. The molecule has 1 aromatic carbocycles. The highest BCUT2D eigenvalue weighted by molar-refractivity contribution is 7.97. The number of guanidine groups is 1. The van der Waals surface area contributed by atoms with Gasteiger partial charge in [-0.25, -0.2) is 4.39 Å². The van der Waals surface area contributed by atoms with Crippen LogP contribution in [0.4, 0.5) is 4.39 Å². The highest BCUT2D eigenvalue weighted by Crippen LogP contribution is 2.16. The maximum Gasteiger partial charge on any atom is 0.191 e. The molecule has 0 saturated carbocycles. The second-order valence-corrected chi connectivity index (χ2v) is 7.09. The molecule has 2 rings (SSSR count). The summed E-state index contributed by atoms with van der Waals surface area (Å²) in [7, 11) is 3.72. The van der Waals surface area contributed by atoms with E-state index in [0.29, 0.717) is 6.54 Å². The molecule has 0 radical (unpaired) electrons. The third-order valence-electron chi connectivity index (χ3n) is 4.46. The molecular weight excluding hydrogens is 349 g/mol. The van der Waals surface area contributed by atoms with E-state index in [4.69, 9.17) is 0 Å². The SMILES string of the molecule is CN=C(NCCc1c(C)nn(C)c1C)NCc1ccc(F)cc1CSC. The third-order valence-corrected chi connectivity index (χ3v) is 5.06. The van der Waals surface area contributed by atoms with Crippen molar-refractivity contribution >= 4 is 17.7 Å². The molecule has 2 N–H and O–H groups in total. The first-order chi connectivity index (χ1) is 12.5. The fourth-order valence-corrected chi connectivity index (χ4v) is 3.52. The molecule has 0 fully saturated rings. The molecule has 0 aliphatic rings. The number of hydrogen-bond acceptors (Lipinski definition) is 3. The lowest BCUT2D eigenvalue weighted by molar-refractivity contribution is 0.625. The van der Waals surface area contributed by atoms with E-state index in [0.717, 1.165) is 41.5 Å². The molecule has 142 valence electrons. The van der Waals surface area contributed by atoms with Gasteiger partial charge in [-0.1, -0.05) is 6.07 Å². The molecule has 7 heteroatoms. The van der Waals surface area contributed by atoms with Gasteiger partial charge in [-0.05, 0) is 55.3 Å². The zero-order chi connectivity index (χ0) is 19.1. The van der Waals surface area contributed by atoms with Crippen LogP contribution in [0.5, 0.6) is 0 Å². The Morgan fingerprint density at radius 3 is 2.65 bits per heavy atom. The molecule has 0 aliphatic carbocycles. The topological polar surface area (TPSA) is 54.2 Å².